The van der Waals surface area contributed by atoms with Gasteiger partial charge in [0.2, 0.25) is 0 Å². The third kappa shape index (κ3) is 1.98. The number of hydrogen-bond acceptors (Lipinski definition) is 3. The maximum atomic E-state index is 13.6. The van der Waals surface area contributed by atoms with Crippen LogP contribution in [0, 0.1) is 11.7 Å². The summed E-state index contributed by atoms with van der Waals surface area (Å²) in [7, 11) is 0. The lowest BCUT2D eigenvalue weighted by Crippen LogP contribution is -2.28. The summed E-state index contributed by atoms with van der Waals surface area (Å²) < 4.78 is 13.6. The number of aromatic carboxylic acids is 1. The number of hydrogen-bond donors (Lipinski definition) is 3. The van der Waals surface area contributed by atoms with Gasteiger partial charge in [-0.1, -0.05) is 6.42 Å². The fraction of sp³-hybridized carbons (Fsp3) is 0.417. The smallest absolute Gasteiger partial charge is 0.339 e. The van der Waals surface area contributed by atoms with Crippen LogP contribution in [-0.2, 0) is 0 Å². The molecule has 1 aromatic rings. The number of carboxylic acid groups (broad SMARTS) is 1. The maximum absolute atomic E-state index is 13.6. The zero-order valence-electron chi connectivity index (χ0n) is 9.19. The average molecular weight is 239 g/mol. The summed E-state index contributed by atoms with van der Waals surface area (Å²) in [6.07, 6.45) is 2.81. The van der Waals surface area contributed by atoms with Crippen molar-refractivity contribution in [3.8, 4) is 5.75 Å². The molecule has 0 bridgehead atoms. The predicted molar refractivity (Wildman–Crippen MR) is 59.3 cm³/mol. The van der Waals surface area contributed by atoms with Crippen molar-refractivity contribution >= 4 is 5.97 Å². The second kappa shape index (κ2) is 4.33. The van der Waals surface area contributed by atoms with E-state index in [-0.39, 0.29) is 17.0 Å². The summed E-state index contributed by atoms with van der Waals surface area (Å²) >= 11 is 0. The summed E-state index contributed by atoms with van der Waals surface area (Å²) in [5.41, 5.74) is 5.49. The largest absolute Gasteiger partial charge is 0.507 e. The van der Waals surface area contributed by atoms with Crippen molar-refractivity contribution in [1.29, 1.82) is 0 Å². The highest BCUT2D eigenvalue weighted by Crippen LogP contribution is 2.40. The number of aromatic hydroxyl groups is 1. The fourth-order valence-corrected chi connectivity index (χ4v) is 2.11. The van der Waals surface area contributed by atoms with E-state index in [1.165, 1.54) is 0 Å². The minimum atomic E-state index is -1.29. The average Bonchev–Trinajstić information content (AvgIpc) is 2.13. The molecule has 1 aromatic carbocycles. The van der Waals surface area contributed by atoms with Gasteiger partial charge in [0, 0.05) is 11.6 Å². The standard InChI is InChI=1S/C12H14FNO3/c13-8-5-4-7(12(16)17)11(15)9(8)10(14)6-2-1-3-6/h4-6,10,15H,1-3,14H2,(H,16,17)/t10-/m1/s1. The number of carbonyl (C=O) groups is 1. The Morgan fingerprint density at radius 1 is 1.47 bits per heavy atom. The van der Waals surface area contributed by atoms with Crippen LogP contribution in [0.15, 0.2) is 12.1 Å². The molecule has 0 amide bonds. The monoisotopic (exact) mass is 239 g/mol. The van der Waals surface area contributed by atoms with Crippen LogP contribution in [0.1, 0.15) is 41.2 Å². The maximum Gasteiger partial charge on any atom is 0.339 e. The van der Waals surface area contributed by atoms with Crippen LogP contribution in [-0.4, -0.2) is 16.2 Å². The fourth-order valence-electron chi connectivity index (χ4n) is 2.11. The molecular formula is C12H14FNO3. The highest BCUT2D eigenvalue weighted by atomic mass is 19.1. The van der Waals surface area contributed by atoms with E-state index in [1.807, 2.05) is 0 Å². The minimum Gasteiger partial charge on any atom is -0.507 e. The van der Waals surface area contributed by atoms with E-state index in [9.17, 15) is 14.3 Å². The van der Waals surface area contributed by atoms with E-state index in [4.69, 9.17) is 10.8 Å². The lowest BCUT2D eigenvalue weighted by molar-refractivity contribution is 0.0693. The molecule has 0 aromatic heterocycles. The SMILES string of the molecule is N[C@@H](c1c(F)ccc(C(=O)O)c1O)C1CCC1. The molecule has 5 heteroatoms. The van der Waals surface area contributed by atoms with Gasteiger partial charge in [-0.25, -0.2) is 9.18 Å². The van der Waals surface area contributed by atoms with E-state index in [1.54, 1.807) is 0 Å². The van der Waals surface area contributed by atoms with Crippen LogP contribution in [0.25, 0.3) is 0 Å². The summed E-state index contributed by atoms with van der Waals surface area (Å²) in [5.74, 6) is -2.35. The van der Waals surface area contributed by atoms with Gasteiger partial charge in [-0.3, -0.25) is 0 Å². The van der Waals surface area contributed by atoms with E-state index in [0.717, 1.165) is 31.4 Å². The van der Waals surface area contributed by atoms with Crippen LogP contribution in [0.4, 0.5) is 4.39 Å². The summed E-state index contributed by atoms with van der Waals surface area (Å²) in [6, 6.07) is 1.45. The zero-order chi connectivity index (χ0) is 12.6. The molecule has 1 fully saturated rings. The highest BCUT2D eigenvalue weighted by Gasteiger charge is 2.31. The molecule has 1 aliphatic rings. The van der Waals surface area contributed by atoms with Crippen LogP contribution >= 0.6 is 0 Å². The Hall–Kier alpha value is -1.62. The lowest BCUT2D eigenvalue weighted by atomic mass is 9.77. The van der Waals surface area contributed by atoms with Gasteiger partial charge >= 0.3 is 5.97 Å². The van der Waals surface area contributed by atoms with Gasteiger partial charge in [-0.15, -0.1) is 0 Å². The van der Waals surface area contributed by atoms with E-state index in [2.05, 4.69) is 0 Å². The molecule has 4 nitrogen and oxygen atoms in total. The van der Waals surface area contributed by atoms with Crippen molar-refractivity contribution < 1.29 is 19.4 Å². The lowest BCUT2D eigenvalue weighted by Gasteiger charge is -2.32. The van der Waals surface area contributed by atoms with Gasteiger partial charge in [0.15, 0.2) is 0 Å². The zero-order valence-corrected chi connectivity index (χ0v) is 9.19. The van der Waals surface area contributed by atoms with Gasteiger partial charge in [-0.05, 0) is 30.9 Å². The van der Waals surface area contributed by atoms with Crippen molar-refractivity contribution in [3.63, 3.8) is 0 Å². The first-order chi connectivity index (χ1) is 8.02. The molecule has 92 valence electrons. The Balaban J connectivity index is 2.43. The van der Waals surface area contributed by atoms with E-state index < -0.39 is 23.6 Å². The molecule has 17 heavy (non-hydrogen) atoms. The summed E-state index contributed by atoms with van der Waals surface area (Å²) in [6.45, 7) is 0. The second-order valence-electron chi connectivity index (χ2n) is 4.38. The number of nitrogens with two attached hydrogens (primary N) is 1. The third-order valence-corrected chi connectivity index (χ3v) is 3.39. The normalized spacial score (nSPS) is 17.5. The molecule has 4 N–H and O–H groups in total. The topological polar surface area (TPSA) is 83.6 Å². The quantitative estimate of drug-likeness (QED) is 0.753. The van der Waals surface area contributed by atoms with Gasteiger partial charge in [-0.2, -0.15) is 0 Å². The Morgan fingerprint density at radius 2 is 2.12 bits per heavy atom. The Kier molecular flexibility index (Phi) is 3.02. The predicted octanol–water partition coefficient (Wildman–Crippen LogP) is 2.03. The molecule has 1 saturated carbocycles. The van der Waals surface area contributed by atoms with Crippen molar-refractivity contribution in [2.75, 3.05) is 0 Å². The first-order valence-corrected chi connectivity index (χ1v) is 5.52. The third-order valence-electron chi connectivity index (χ3n) is 3.39. The molecule has 1 aliphatic carbocycles. The first kappa shape index (κ1) is 11.9. The van der Waals surface area contributed by atoms with Crippen molar-refractivity contribution in [2.45, 2.75) is 25.3 Å². The molecule has 1 atom stereocenters. The van der Waals surface area contributed by atoms with Crippen molar-refractivity contribution in [3.05, 3.63) is 29.1 Å². The van der Waals surface area contributed by atoms with Crippen LogP contribution < -0.4 is 5.73 Å². The summed E-state index contributed by atoms with van der Waals surface area (Å²) in [4.78, 5) is 10.8. The van der Waals surface area contributed by atoms with Crippen LogP contribution in [0.5, 0.6) is 5.75 Å². The minimum absolute atomic E-state index is 0.0744. The first-order valence-electron chi connectivity index (χ1n) is 5.52. The van der Waals surface area contributed by atoms with Crippen molar-refractivity contribution in [2.24, 2.45) is 11.7 Å². The molecule has 0 heterocycles. The molecule has 2 rings (SSSR count). The number of benzene rings is 1. The molecular weight excluding hydrogens is 225 g/mol. The van der Waals surface area contributed by atoms with E-state index >= 15 is 0 Å². The molecule has 0 radical (unpaired) electrons. The van der Waals surface area contributed by atoms with Gasteiger partial charge in [0.05, 0.1) is 0 Å². The van der Waals surface area contributed by atoms with E-state index in [0.29, 0.717) is 0 Å². The summed E-state index contributed by atoms with van der Waals surface area (Å²) in [5, 5.41) is 18.6. The second-order valence-corrected chi connectivity index (χ2v) is 4.38. The Labute approximate surface area is 97.9 Å². The van der Waals surface area contributed by atoms with Crippen LogP contribution in [0.2, 0.25) is 0 Å². The number of carboxylic acids is 1. The van der Waals surface area contributed by atoms with Gasteiger partial charge in [0.25, 0.3) is 0 Å². The molecule has 0 aliphatic heterocycles. The van der Waals surface area contributed by atoms with Gasteiger partial charge in [0.1, 0.15) is 17.1 Å². The molecule has 0 unspecified atom stereocenters. The van der Waals surface area contributed by atoms with Crippen LogP contribution in [0.3, 0.4) is 0 Å². The molecule has 0 saturated heterocycles. The number of phenols is 1. The van der Waals surface area contributed by atoms with Gasteiger partial charge < -0.3 is 15.9 Å². The Morgan fingerprint density at radius 3 is 2.59 bits per heavy atom. The highest BCUT2D eigenvalue weighted by molar-refractivity contribution is 5.91. The molecule has 0 spiro atoms. The Bertz CT molecular complexity index is 457. The number of rotatable bonds is 3. The van der Waals surface area contributed by atoms with Crippen molar-refractivity contribution in [1.82, 2.24) is 0 Å². The number of halogens is 1.